The molecule has 0 aliphatic heterocycles. The zero-order valence-corrected chi connectivity index (χ0v) is 9.87. The second kappa shape index (κ2) is 5.01. The highest BCUT2D eigenvalue weighted by molar-refractivity contribution is 7.98. The van der Waals surface area contributed by atoms with E-state index in [1.165, 1.54) is 0 Å². The lowest BCUT2D eigenvalue weighted by Crippen LogP contribution is -1.99. The highest BCUT2D eigenvalue weighted by atomic mass is 32.2. The highest BCUT2D eigenvalue weighted by Gasteiger charge is 2.07. The average Bonchev–Trinajstić information content (AvgIpc) is 2.35. The summed E-state index contributed by atoms with van der Waals surface area (Å²) in [4.78, 5) is 8.29. The van der Waals surface area contributed by atoms with Gasteiger partial charge in [-0.2, -0.15) is 9.37 Å². The van der Waals surface area contributed by atoms with Crippen LogP contribution in [-0.2, 0) is 0 Å². The maximum Gasteiger partial charge on any atom is 0.260 e. The first-order valence-electron chi connectivity index (χ1n) is 4.79. The molecule has 4 nitrogen and oxygen atoms in total. The molecule has 0 amide bonds. The van der Waals surface area contributed by atoms with Gasteiger partial charge < -0.3 is 10.5 Å². The Labute approximate surface area is 102 Å². The molecule has 0 radical (unpaired) electrons. The third-order valence-corrected chi connectivity index (χ3v) is 2.75. The van der Waals surface area contributed by atoms with Crippen molar-refractivity contribution in [2.75, 3.05) is 12.0 Å². The van der Waals surface area contributed by atoms with Crippen molar-refractivity contribution in [2.24, 2.45) is 0 Å². The summed E-state index contributed by atoms with van der Waals surface area (Å²) in [6.45, 7) is 0. The molecule has 2 rings (SSSR count). The topological polar surface area (TPSA) is 61.0 Å². The second-order valence-electron chi connectivity index (χ2n) is 3.16. The largest absolute Gasteiger partial charge is 0.436 e. The first-order chi connectivity index (χ1) is 8.19. The van der Waals surface area contributed by atoms with Crippen LogP contribution in [0.5, 0.6) is 11.6 Å². The summed E-state index contributed by atoms with van der Waals surface area (Å²) in [7, 11) is 0. The Hall–Kier alpha value is -1.82. The van der Waals surface area contributed by atoms with Crippen LogP contribution in [0.2, 0.25) is 0 Å². The molecule has 0 aliphatic carbocycles. The molecule has 0 fully saturated rings. The zero-order valence-electron chi connectivity index (χ0n) is 9.05. The number of rotatable bonds is 3. The van der Waals surface area contributed by atoms with Crippen LogP contribution in [0.15, 0.2) is 35.4 Å². The van der Waals surface area contributed by atoms with Gasteiger partial charge in [-0.1, -0.05) is 0 Å². The summed E-state index contributed by atoms with van der Waals surface area (Å²) in [5.74, 6) is -0.343. The maximum atomic E-state index is 13.3. The second-order valence-corrected chi connectivity index (χ2v) is 4.04. The third-order valence-electron chi connectivity index (χ3n) is 2.00. The fraction of sp³-hybridized carbons (Fsp3) is 0.0909. The van der Waals surface area contributed by atoms with E-state index in [1.54, 1.807) is 23.9 Å². The van der Waals surface area contributed by atoms with E-state index in [2.05, 4.69) is 9.97 Å². The number of anilines is 1. The average molecular weight is 251 g/mol. The molecule has 6 heteroatoms. The molecule has 0 spiro atoms. The number of ether oxygens (including phenoxy) is 1. The predicted octanol–water partition coefficient (Wildman–Crippen LogP) is 2.71. The molecular formula is C11H10FN3OS. The molecule has 17 heavy (non-hydrogen) atoms. The number of hydrogen-bond donors (Lipinski definition) is 1. The number of hydrogen-bond acceptors (Lipinski definition) is 5. The Kier molecular flexibility index (Phi) is 3.43. The summed E-state index contributed by atoms with van der Waals surface area (Å²) < 4.78 is 18.6. The highest BCUT2D eigenvalue weighted by Crippen LogP contribution is 2.24. The van der Waals surface area contributed by atoms with Crippen molar-refractivity contribution in [1.82, 2.24) is 9.97 Å². The van der Waals surface area contributed by atoms with Gasteiger partial charge in [-0.15, -0.1) is 11.8 Å². The summed E-state index contributed by atoms with van der Waals surface area (Å²) in [5.41, 5.74) is 5.35. The van der Waals surface area contributed by atoms with Gasteiger partial charge in [0.05, 0.1) is 6.20 Å². The Morgan fingerprint density at radius 3 is 2.65 bits per heavy atom. The van der Waals surface area contributed by atoms with E-state index >= 15 is 0 Å². The first-order valence-corrected chi connectivity index (χ1v) is 6.01. The van der Waals surface area contributed by atoms with Crippen molar-refractivity contribution in [2.45, 2.75) is 4.90 Å². The van der Waals surface area contributed by atoms with Crippen LogP contribution in [0, 0.1) is 5.82 Å². The van der Waals surface area contributed by atoms with Gasteiger partial charge in [0.2, 0.25) is 11.8 Å². The lowest BCUT2D eigenvalue weighted by Gasteiger charge is -2.06. The van der Waals surface area contributed by atoms with Gasteiger partial charge in [0.1, 0.15) is 5.75 Å². The quantitative estimate of drug-likeness (QED) is 0.850. The van der Waals surface area contributed by atoms with Crippen molar-refractivity contribution in [3.05, 3.63) is 36.3 Å². The standard InChI is InChI=1S/C11H10FN3OS/c1-17-8-4-2-7(3-5-8)16-10-9(12)6-14-11(13)15-10/h2-6H,1H3,(H2,13,14,15). The number of nitrogens with zero attached hydrogens (tertiary/aromatic N) is 2. The van der Waals surface area contributed by atoms with Crippen LogP contribution in [0.4, 0.5) is 10.3 Å². The van der Waals surface area contributed by atoms with Crippen molar-refractivity contribution in [3.8, 4) is 11.6 Å². The van der Waals surface area contributed by atoms with Crippen LogP contribution >= 0.6 is 11.8 Å². The third kappa shape index (κ3) is 2.85. The minimum atomic E-state index is -0.645. The Bertz CT molecular complexity index is 519. The first kappa shape index (κ1) is 11.7. The minimum Gasteiger partial charge on any atom is -0.436 e. The van der Waals surface area contributed by atoms with Gasteiger partial charge in [0, 0.05) is 4.90 Å². The lowest BCUT2D eigenvalue weighted by molar-refractivity contribution is 0.420. The van der Waals surface area contributed by atoms with Gasteiger partial charge in [0.15, 0.2) is 0 Å². The number of benzene rings is 1. The van der Waals surface area contributed by atoms with Crippen LogP contribution in [0.25, 0.3) is 0 Å². The number of nitrogens with two attached hydrogens (primary N) is 1. The predicted molar refractivity (Wildman–Crippen MR) is 64.7 cm³/mol. The van der Waals surface area contributed by atoms with Crippen molar-refractivity contribution in [1.29, 1.82) is 0 Å². The van der Waals surface area contributed by atoms with Gasteiger partial charge in [-0.3, -0.25) is 0 Å². The molecule has 2 N–H and O–H groups in total. The maximum absolute atomic E-state index is 13.3. The molecule has 0 saturated carbocycles. The smallest absolute Gasteiger partial charge is 0.260 e. The summed E-state index contributed by atoms with van der Waals surface area (Å²) in [5, 5.41) is 0. The Balaban J connectivity index is 2.22. The van der Waals surface area contributed by atoms with E-state index in [1.807, 2.05) is 18.4 Å². The van der Waals surface area contributed by atoms with E-state index in [4.69, 9.17) is 10.5 Å². The number of aromatic nitrogens is 2. The molecule has 2 aromatic rings. The lowest BCUT2D eigenvalue weighted by atomic mass is 10.3. The van der Waals surface area contributed by atoms with E-state index in [-0.39, 0.29) is 11.8 Å². The summed E-state index contributed by atoms with van der Waals surface area (Å²) in [6, 6.07) is 7.23. The number of thioether (sulfide) groups is 1. The molecule has 0 atom stereocenters. The van der Waals surface area contributed by atoms with Crippen molar-refractivity contribution >= 4 is 17.7 Å². The van der Waals surface area contributed by atoms with Gasteiger partial charge in [0.25, 0.3) is 5.88 Å². The van der Waals surface area contributed by atoms with Crippen LogP contribution in [0.1, 0.15) is 0 Å². The van der Waals surface area contributed by atoms with Crippen LogP contribution < -0.4 is 10.5 Å². The van der Waals surface area contributed by atoms with Gasteiger partial charge in [-0.25, -0.2) is 4.98 Å². The number of nitrogen functional groups attached to an aromatic ring is 1. The minimum absolute atomic E-state index is 0.0258. The fourth-order valence-electron chi connectivity index (χ4n) is 1.19. The number of halogens is 1. The molecule has 1 heterocycles. The van der Waals surface area contributed by atoms with E-state index in [9.17, 15) is 4.39 Å². The van der Waals surface area contributed by atoms with Crippen LogP contribution in [-0.4, -0.2) is 16.2 Å². The zero-order chi connectivity index (χ0) is 12.3. The molecule has 0 saturated heterocycles. The fourth-order valence-corrected chi connectivity index (χ4v) is 1.60. The van der Waals surface area contributed by atoms with E-state index in [0.29, 0.717) is 5.75 Å². The van der Waals surface area contributed by atoms with Gasteiger partial charge in [-0.05, 0) is 30.5 Å². The molecule has 0 aliphatic rings. The SMILES string of the molecule is CSc1ccc(Oc2nc(N)ncc2F)cc1. The summed E-state index contributed by atoms with van der Waals surface area (Å²) >= 11 is 1.61. The Morgan fingerprint density at radius 2 is 2.00 bits per heavy atom. The van der Waals surface area contributed by atoms with Crippen molar-refractivity contribution in [3.63, 3.8) is 0 Å². The molecule has 1 aromatic heterocycles. The Morgan fingerprint density at radius 1 is 1.29 bits per heavy atom. The molecule has 1 aromatic carbocycles. The normalized spacial score (nSPS) is 10.2. The monoisotopic (exact) mass is 251 g/mol. The molecule has 88 valence electrons. The van der Waals surface area contributed by atoms with Crippen molar-refractivity contribution < 1.29 is 9.13 Å². The van der Waals surface area contributed by atoms with Gasteiger partial charge >= 0.3 is 0 Å². The van der Waals surface area contributed by atoms with E-state index in [0.717, 1.165) is 11.1 Å². The molecular weight excluding hydrogens is 241 g/mol. The van der Waals surface area contributed by atoms with E-state index < -0.39 is 5.82 Å². The van der Waals surface area contributed by atoms with Crippen LogP contribution in [0.3, 0.4) is 0 Å². The molecule has 0 unspecified atom stereocenters. The molecule has 0 bridgehead atoms. The summed E-state index contributed by atoms with van der Waals surface area (Å²) in [6.07, 6.45) is 2.95.